The molecule has 0 radical (unpaired) electrons. The Bertz CT molecular complexity index is 480. The summed E-state index contributed by atoms with van der Waals surface area (Å²) in [7, 11) is 0. The Kier molecular flexibility index (Phi) is 5.95. The normalized spacial score (nSPS) is 10.8. The molecule has 94 valence electrons. The molecular weight excluding hydrogens is 244 g/mol. The zero-order chi connectivity index (χ0) is 11.9. The van der Waals surface area contributed by atoms with Gasteiger partial charge in [0.1, 0.15) is 0 Å². The first-order valence-electron chi connectivity index (χ1n) is 5.71. The van der Waals surface area contributed by atoms with Gasteiger partial charge in [-0.1, -0.05) is 60.7 Å². The molecule has 0 aliphatic heterocycles. The molecule has 2 aromatic rings. The Hall–Kier alpha value is -1.80. The maximum Gasteiger partial charge on any atom is 0.0985 e. The van der Waals surface area contributed by atoms with Crippen molar-refractivity contribution < 1.29 is 0 Å². The average Bonchev–Trinajstić information content (AvgIpc) is 2.39. The lowest BCUT2D eigenvalue weighted by Gasteiger charge is -2.01. The largest absolute Gasteiger partial charge is 0.387 e. The molecule has 0 fully saturated rings. The Morgan fingerprint density at radius 2 is 1.33 bits per heavy atom. The van der Waals surface area contributed by atoms with Crippen molar-refractivity contribution >= 4 is 18.2 Å². The Morgan fingerprint density at radius 1 is 0.833 bits per heavy atom. The van der Waals surface area contributed by atoms with Gasteiger partial charge in [-0.05, 0) is 11.1 Å². The first kappa shape index (κ1) is 14.3. The van der Waals surface area contributed by atoms with Crippen molar-refractivity contribution in [2.45, 2.75) is 13.0 Å². The lowest BCUT2D eigenvalue weighted by molar-refractivity contribution is 1.04. The van der Waals surface area contributed by atoms with Crippen LogP contribution in [0, 0.1) is 0 Å². The van der Waals surface area contributed by atoms with Crippen molar-refractivity contribution in [2.24, 2.45) is 10.7 Å². The van der Waals surface area contributed by atoms with Gasteiger partial charge in [-0.25, -0.2) is 0 Å². The van der Waals surface area contributed by atoms with E-state index in [1.165, 1.54) is 11.1 Å². The van der Waals surface area contributed by atoms with Gasteiger partial charge in [0.2, 0.25) is 0 Å². The molecule has 18 heavy (non-hydrogen) atoms. The second-order valence-corrected chi connectivity index (χ2v) is 3.96. The van der Waals surface area contributed by atoms with Gasteiger partial charge in [-0.15, -0.1) is 12.4 Å². The predicted molar refractivity (Wildman–Crippen MR) is 79.2 cm³/mol. The van der Waals surface area contributed by atoms with E-state index in [4.69, 9.17) is 5.73 Å². The van der Waals surface area contributed by atoms with Crippen LogP contribution in [-0.2, 0) is 13.0 Å². The summed E-state index contributed by atoms with van der Waals surface area (Å²) in [6.07, 6.45) is 0.716. The molecule has 2 nitrogen and oxygen atoms in total. The van der Waals surface area contributed by atoms with Crippen molar-refractivity contribution in [1.82, 2.24) is 0 Å². The third kappa shape index (κ3) is 4.60. The maximum atomic E-state index is 5.90. The Labute approximate surface area is 114 Å². The number of hydrogen-bond donors (Lipinski definition) is 1. The minimum atomic E-state index is 0. The fourth-order valence-electron chi connectivity index (χ4n) is 1.64. The van der Waals surface area contributed by atoms with Crippen LogP contribution >= 0.6 is 12.4 Å². The summed E-state index contributed by atoms with van der Waals surface area (Å²) in [6.45, 7) is 0.652. The smallest absolute Gasteiger partial charge is 0.0985 e. The molecule has 0 saturated carbocycles. The van der Waals surface area contributed by atoms with Gasteiger partial charge >= 0.3 is 0 Å². The van der Waals surface area contributed by atoms with E-state index in [0.29, 0.717) is 18.8 Å². The highest BCUT2D eigenvalue weighted by molar-refractivity contribution is 5.85. The van der Waals surface area contributed by atoms with Crippen LogP contribution in [0.3, 0.4) is 0 Å². The number of hydrogen-bond acceptors (Lipinski definition) is 1. The third-order valence-electron chi connectivity index (χ3n) is 2.54. The lowest BCUT2D eigenvalue weighted by Crippen LogP contribution is -2.15. The summed E-state index contributed by atoms with van der Waals surface area (Å²) in [5, 5.41) is 0. The van der Waals surface area contributed by atoms with Crippen LogP contribution in [0.15, 0.2) is 65.7 Å². The number of rotatable bonds is 4. The van der Waals surface area contributed by atoms with Crippen LogP contribution in [0.2, 0.25) is 0 Å². The number of amidine groups is 1. The number of halogens is 1. The van der Waals surface area contributed by atoms with E-state index in [-0.39, 0.29) is 12.4 Å². The molecule has 2 N–H and O–H groups in total. The van der Waals surface area contributed by atoms with Crippen molar-refractivity contribution in [3.8, 4) is 0 Å². The average molecular weight is 261 g/mol. The first-order chi connectivity index (χ1) is 8.34. The van der Waals surface area contributed by atoms with Gasteiger partial charge in [0.05, 0.1) is 12.4 Å². The standard InChI is InChI=1S/C15H16N2.ClH/c16-15(11-13-7-3-1-4-8-13)17-12-14-9-5-2-6-10-14;/h1-10H,11-12H2,(H2,16,17);1H. The van der Waals surface area contributed by atoms with Crippen LogP contribution in [0.1, 0.15) is 11.1 Å². The molecule has 0 atom stereocenters. The highest BCUT2D eigenvalue weighted by Crippen LogP contribution is 2.02. The molecule has 2 aromatic carbocycles. The summed E-state index contributed by atoms with van der Waals surface area (Å²) < 4.78 is 0. The molecule has 0 unspecified atom stereocenters. The van der Waals surface area contributed by atoms with Gasteiger partial charge in [0.15, 0.2) is 0 Å². The topological polar surface area (TPSA) is 38.4 Å². The molecule has 2 rings (SSSR count). The molecule has 3 heteroatoms. The van der Waals surface area contributed by atoms with E-state index in [1.807, 2.05) is 36.4 Å². The number of aliphatic imine (C=N–C) groups is 1. The first-order valence-corrected chi connectivity index (χ1v) is 5.71. The molecule has 0 aliphatic carbocycles. The van der Waals surface area contributed by atoms with E-state index in [1.54, 1.807) is 0 Å². The molecule has 0 spiro atoms. The Morgan fingerprint density at radius 3 is 1.89 bits per heavy atom. The summed E-state index contributed by atoms with van der Waals surface area (Å²) in [6, 6.07) is 20.3. The molecule has 0 heterocycles. The molecule has 0 saturated heterocycles. The minimum Gasteiger partial charge on any atom is -0.387 e. The summed E-state index contributed by atoms with van der Waals surface area (Å²) in [5.41, 5.74) is 8.28. The monoisotopic (exact) mass is 260 g/mol. The van der Waals surface area contributed by atoms with Crippen molar-refractivity contribution in [2.75, 3.05) is 0 Å². The quantitative estimate of drug-likeness (QED) is 0.665. The van der Waals surface area contributed by atoms with Crippen LogP contribution < -0.4 is 5.73 Å². The van der Waals surface area contributed by atoms with Crippen molar-refractivity contribution in [3.63, 3.8) is 0 Å². The molecule has 0 amide bonds. The van der Waals surface area contributed by atoms with E-state index in [0.717, 1.165) is 0 Å². The van der Waals surface area contributed by atoms with Crippen LogP contribution in [0.5, 0.6) is 0 Å². The summed E-state index contributed by atoms with van der Waals surface area (Å²) in [4.78, 5) is 4.38. The second kappa shape index (κ2) is 7.51. The van der Waals surface area contributed by atoms with Crippen molar-refractivity contribution in [1.29, 1.82) is 0 Å². The van der Waals surface area contributed by atoms with Crippen LogP contribution in [0.4, 0.5) is 0 Å². The predicted octanol–water partition coefficient (Wildman–Crippen LogP) is 3.21. The van der Waals surface area contributed by atoms with E-state index in [9.17, 15) is 0 Å². The second-order valence-electron chi connectivity index (χ2n) is 3.96. The van der Waals surface area contributed by atoms with Gasteiger partial charge in [-0.2, -0.15) is 0 Å². The van der Waals surface area contributed by atoms with E-state index in [2.05, 4.69) is 29.3 Å². The number of nitrogens with zero attached hydrogens (tertiary/aromatic N) is 1. The fraction of sp³-hybridized carbons (Fsp3) is 0.133. The lowest BCUT2D eigenvalue weighted by atomic mass is 10.1. The fourth-order valence-corrected chi connectivity index (χ4v) is 1.64. The highest BCUT2D eigenvalue weighted by atomic mass is 35.5. The third-order valence-corrected chi connectivity index (χ3v) is 2.54. The van der Waals surface area contributed by atoms with Gasteiger partial charge in [0.25, 0.3) is 0 Å². The van der Waals surface area contributed by atoms with E-state index >= 15 is 0 Å². The molecular formula is C15H17ClN2. The highest BCUT2D eigenvalue weighted by Gasteiger charge is 1.96. The van der Waals surface area contributed by atoms with Gasteiger partial charge < -0.3 is 5.73 Å². The van der Waals surface area contributed by atoms with Crippen LogP contribution in [0.25, 0.3) is 0 Å². The van der Waals surface area contributed by atoms with E-state index < -0.39 is 0 Å². The summed E-state index contributed by atoms with van der Waals surface area (Å²) >= 11 is 0. The van der Waals surface area contributed by atoms with Crippen molar-refractivity contribution in [3.05, 3.63) is 71.8 Å². The zero-order valence-corrected chi connectivity index (χ0v) is 10.9. The van der Waals surface area contributed by atoms with Gasteiger partial charge in [-0.3, -0.25) is 4.99 Å². The van der Waals surface area contributed by atoms with Gasteiger partial charge in [0, 0.05) is 6.42 Å². The summed E-state index contributed by atoms with van der Waals surface area (Å²) in [5.74, 6) is 0.681. The number of nitrogens with two attached hydrogens (primary N) is 1. The molecule has 0 bridgehead atoms. The maximum absolute atomic E-state index is 5.90. The zero-order valence-electron chi connectivity index (χ0n) is 10.1. The Balaban J connectivity index is 0.00000162. The SMILES string of the molecule is Cl.NC(Cc1ccccc1)=NCc1ccccc1. The molecule has 0 aromatic heterocycles. The minimum absolute atomic E-state index is 0. The molecule has 0 aliphatic rings. The number of benzene rings is 2. The van der Waals surface area contributed by atoms with Crippen LogP contribution in [-0.4, -0.2) is 5.84 Å².